The molecule has 3 N–H and O–H groups in total. The molecule has 3 aromatic rings. The highest BCUT2D eigenvalue weighted by atomic mass is 32.2. The van der Waals surface area contributed by atoms with Gasteiger partial charge in [0.2, 0.25) is 15.9 Å². The first-order chi connectivity index (χ1) is 14.0. The molecule has 0 spiro atoms. The van der Waals surface area contributed by atoms with Gasteiger partial charge in [-0.3, -0.25) is 4.79 Å². The minimum Gasteiger partial charge on any atom is -0.356 e. The Kier molecular flexibility index (Phi) is 6.43. The lowest BCUT2D eigenvalue weighted by Crippen LogP contribution is -2.18. The normalized spacial score (nSPS) is 11.3. The van der Waals surface area contributed by atoms with Gasteiger partial charge in [-0.1, -0.05) is 30.3 Å². The quantitative estimate of drug-likeness (QED) is 0.517. The van der Waals surface area contributed by atoms with Crippen molar-refractivity contribution < 1.29 is 13.2 Å². The summed E-state index contributed by atoms with van der Waals surface area (Å²) >= 11 is 0. The van der Waals surface area contributed by atoms with Gasteiger partial charge in [0.25, 0.3) is 0 Å². The van der Waals surface area contributed by atoms with E-state index in [0.29, 0.717) is 5.69 Å². The predicted octanol–water partition coefficient (Wildman–Crippen LogP) is 3.99. The smallest absolute Gasteiger partial charge is 0.248 e. The molecule has 0 unspecified atom stereocenters. The summed E-state index contributed by atoms with van der Waals surface area (Å²) in [6.45, 7) is 0. The van der Waals surface area contributed by atoms with Crippen LogP contribution in [0.3, 0.4) is 0 Å². The summed E-state index contributed by atoms with van der Waals surface area (Å²) in [5.41, 5.74) is 3.30. The van der Waals surface area contributed by atoms with Crippen molar-refractivity contribution in [2.24, 2.45) is 0 Å². The number of hydrogen-bond donors (Lipinski definition) is 3. The first-order valence-electron chi connectivity index (χ1n) is 8.91. The van der Waals surface area contributed by atoms with Gasteiger partial charge in [0.1, 0.15) is 0 Å². The Labute approximate surface area is 170 Å². The maximum absolute atomic E-state index is 12.1. The average Bonchev–Trinajstić information content (AvgIpc) is 2.75. The average molecular weight is 407 g/mol. The largest absolute Gasteiger partial charge is 0.356 e. The standard InChI is InChI=1S/C22H21N3O3S/c1-23-29(27,28)21-14-7-17(8-15-21)9-16-22(26)25-20-12-10-19(11-13-20)24-18-5-3-2-4-6-18/h2-16,23-24H,1H3,(H,25,26)/b16-9+. The van der Waals surface area contributed by atoms with Crippen molar-refractivity contribution in [1.82, 2.24) is 4.72 Å². The summed E-state index contributed by atoms with van der Waals surface area (Å²) in [6.07, 6.45) is 3.02. The summed E-state index contributed by atoms with van der Waals surface area (Å²) < 4.78 is 25.7. The second kappa shape index (κ2) is 9.18. The SMILES string of the molecule is CNS(=O)(=O)c1ccc(/C=C/C(=O)Nc2ccc(Nc3ccccc3)cc2)cc1. The summed E-state index contributed by atoms with van der Waals surface area (Å²) in [5, 5.41) is 6.07. The zero-order chi connectivity index (χ0) is 20.7. The molecule has 3 rings (SSSR count). The maximum Gasteiger partial charge on any atom is 0.248 e. The van der Waals surface area contributed by atoms with Crippen molar-refractivity contribution in [2.75, 3.05) is 17.7 Å². The molecule has 0 atom stereocenters. The van der Waals surface area contributed by atoms with E-state index in [-0.39, 0.29) is 10.8 Å². The lowest BCUT2D eigenvalue weighted by molar-refractivity contribution is -0.111. The van der Waals surface area contributed by atoms with Crippen LogP contribution in [-0.2, 0) is 14.8 Å². The van der Waals surface area contributed by atoms with Gasteiger partial charge in [-0.15, -0.1) is 0 Å². The van der Waals surface area contributed by atoms with Crippen LogP contribution in [0.2, 0.25) is 0 Å². The molecule has 0 aliphatic carbocycles. The van der Waals surface area contributed by atoms with Gasteiger partial charge in [0.15, 0.2) is 0 Å². The lowest BCUT2D eigenvalue weighted by Gasteiger charge is -2.07. The zero-order valence-corrected chi connectivity index (χ0v) is 16.6. The van der Waals surface area contributed by atoms with Gasteiger partial charge in [-0.05, 0) is 67.2 Å². The van der Waals surface area contributed by atoms with E-state index in [2.05, 4.69) is 15.4 Å². The van der Waals surface area contributed by atoms with Crippen molar-refractivity contribution in [2.45, 2.75) is 4.90 Å². The van der Waals surface area contributed by atoms with Gasteiger partial charge < -0.3 is 10.6 Å². The monoisotopic (exact) mass is 407 g/mol. The Balaban J connectivity index is 1.57. The number of amides is 1. The van der Waals surface area contributed by atoms with E-state index >= 15 is 0 Å². The molecule has 3 aromatic carbocycles. The number of rotatable bonds is 7. The predicted molar refractivity (Wildman–Crippen MR) is 117 cm³/mol. The number of nitrogens with one attached hydrogen (secondary N) is 3. The zero-order valence-electron chi connectivity index (χ0n) is 15.8. The first kappa shape index (κ1) is 20.3. The molecule has 0 fully saturated rings. The number of benzene rings is 3. The molecule has 148 valence electrons. The second-order valence-electron chi connectivity index (χ2n) is 6.17. The molecule has 0 radical (unpaired) electrons. The Morgan fingerprint density at radius 2 is 1.38 bits per heavy atom. The van der Waals surface area contributed by atoms with E-state index in [9.17, 15) is 13.2 Å². The number of carbonyl (C=O) groups excluding carboxylic acids is 1. The molecule has 0 bridgehead atoms. The number of sulfonamides is 1. The van der Waals surface area contributed by atoms with Crippen LogP contribution in [0.4, 0.5) is 17.1 Å². The number of hydrogen-bond acceptors (Lipinski definition) is 4. The highest BCUT2D eigenvalue weighted by molar-refractivity contribution is 7.89. The van der Waals surface area contributed by atoms with Crippen LogP contribution < -0.4 is 15.4 Å². The Morgan fingerprint density at radius 3 is 2.00 bits per heavy atom. The Morgan fingerprint density at radius 1 is 0.793 bits per heavy atom. The molecule has 1 amide bonds. The van der Waals surface area contributed by atoms with Crippen molar-refractivity contribution in [3.05, 3.63) is 90.5 Å². The molecular weight excluding hydrogens is 386 g/mol. The lowest BCUT2D eigenvalue weighted by atomic mass is 10.2. The van der Waals surface area contributed by atoms with Crippen LogP contribution >= 0.6 is 0 Å². The van der Waals surface area contributed by atoms with E-state index in [1.54, 1.807) is 18.2 Å². The minimum atomic E-state index is -3.47. The topological polar surface area (TPSA) is 87.3 Å². The fourth-order valence-electron chi connectivity index (χ4n) is 2.56. The number of carbonyl (C=O) groups is 1. The van der Waals surface area contributed by atoms with Gasteiger partial charge in [-0.2, -0.15) is 0 Å². The highest BCUT2D eigenvalue weighted by Gasteiger charge is 2.09. The molecule has 0 aliphatic rings. The maximum atomic E-state index is 12.1. The van der Waals surface area contributed by atoms with Gasteiger partial charge in [0.05, 0.1) is 4.90 Å². The summed E-state index contributed by atoms with van der Waals surface area (Å²) in [4.78, 5) is 12.3. The molecule has 29 heavy (non-hydrogen) atoms. The molecule has 0 heterocycles. The van der Waals surface area contributed by atoms with Crippen LogP contribution in [0.25, 0.3) is 6.08 Å². The molecule has 0 saturated carbocycles. The van der Waals surface area contributed by atoms with Gasteiger partial charge >= 0.3 is 0 Å². The van der Waals surface area contributed by atoms with Crippen molar-refractivity contribution in [3.8, 4) is 0 Å². The fraction of sp³-hybridized carbons (Fsp3) is 0.0455. The third-order valence-electron chi connectivity index (χ3n) is 4.10. The summed E-state index contributed by atoms with van der Waals surface area (Å²) in [6, 6.07) is 23.5. The first-order valence-corrected chi connectivity index (χ1v) is 10.4. The minimum absolute atomic E-state index is 0.172. The van der Waals surface area contributed by atoms with Gasteiger partial charge in [-0.25, -0.2) is 13.1 Å². The molecule has 0 aliphatic heterocycles. The highest BCUT2D eigenvalue weighted by Crippen LogP contribution is 2.18. The van der Waals surface area contributed by atoms with Crippen LogP contribution in [0.15, 0.2) is 89.8 Å². The van der Waals surface area contributed by atoms with Crippen molar-refractivity contribution in [3.63, 3.8) is 0 Å². The number of para-hydroxylation sites is 1. The molecule has 0 aromatic heterocycles. The summed E-state index contributed by atoms with van der Waals surface area (Å²) in [5.74, 6) is -0.277. The molecule has 7 heteroatoms. The summed E-state index contributed by atoms with van der Waals surface area (Å²) in [7, 11) is -2.11. The third-order valence-corrected chi connectivity index (χ3v) is 5.53. The van der Waals surface area contributed by atoms with Gasteiger partial charge in [0, 0.05) is 23.1 Å². The third kappa shape index (κ3) is 5.78. The Bertz CT molecular complexity index is 1090. The van der Waals surface area contributed by atoms with Crippen LogP contribution in [0.1, 0.15) is 5.56 Å². The molecule has 0 saturated heterocycles. The van der Waals surface area contributed by atoms with E-state index in [1.807, 2.05) is 54.6 Å². The van der Waals surface area contributed by atoms with Crippen LogP contribution in [0.5, 0.6) is 0 Å². The number of anilines is 3. The van der Waals surface area contributed by atoms with Crippen LogP contribution in [0, 0.1) is 0 Å². The van der Waals surface area contributed by atoms with Crippen molar-refractivity contribution >= 4 is 39.1 Å². The van der Waals surface area contributed by atoms with E-state index in [1.165, 1.54) is 25.3 Å². The second-order valence-corrected chi connectivity index (χ2v) is 8.05. The van der Waals surface area contributed by atoms with E-state index in [0.717, 1.165) is 16.9 Å². The van der Waals surface area contributed by atoms with Crippen molar-refractivity contribution in [1.29, 1.82) is 0 Å². The van der Waals surface area contributed by atoms with E-state index in [4.69, 9.17) is 0 Å². The molecule has 6 nitrogen and oxygen atoms in total. The van der Waals surface area contributed by atoms with E-state index < -0.39 is 10.0 Å². The molecular formula is C22H21N3O3S. The Hall–Kier alpha value is -3.42. The fourth-order valence-corrected chi connectivity index (χ4v) is 3.29. The van der Waals surface area contributed by atoms with Crippen LogP contribution in [-0.4, -0.2) is 21.4 Å².